The van der Waals surface area contributed by atoms with Gasteiger partial charge < -0.3 is 8.97 Å². The minimum Gasteiger partial charge on any atom is -0.431 e. The van der Waals surface area contributed by atoms with Gasteiger partial charge in [0.25, 0.3) is 5.22 Å². The molecule has 1 unspecified atom stereocenters. The Balaban J connectivity index is 1.75. The van der Waals surface area contributed by atoms with Crippen molar-refractivity contribution in [3.05, 3.63) is 54.1 Å². The van der Waals surface area contributed by atoms with E-state index in [4.69, 9.17) is 8.97 Å². The highest BCUT2D eigenvalue weighted by molar-refractivity contribution is 7.98. The van der Waals surface area contributed by atoms with Gasteiger partial charge in [-0.1, -0.05) is 36.0 Å². The third kappa shape index (κ3) is 2.92. The summed E-state index contributed by atoms with van der Waals surface area (Å²) < 4.78 is 25.7. The minimum absolute atomic E-state index is 0.403. The molecule has 0 amide bonds. The Morgan fingerprint density at radius 3 is 2.85 bits per heavy atom. The Kier molecular flexibility index (Phi) is 3.86. The zero-order valence-corrected chi connectivity index (χ0v) is 12.0. The third-order valence-corrected chi connectivity index (χ3v) is 4.29. The molecule has 3 rings (SSSR count). The van der Waals surface area contributed by atoms with E-state index >= 15 is 0 Å². The van der Waals surface area contributed by atoms with Crippen molar-refractivity contribution in [2.45, 2.75) is 15.9 Å². The van der Waals surface area contributed by atoms with Crippen molar-refractivity contribution < 1.29 is 13.2 Å². The van der Waals surface area contributed by atoms with Crippen LogP contribution in [0.15, 0.2) is 63.1 Å². The predicted molar refractivity (Wildman–Crippen MR) is 79.0 cm³/mol. The molecule has 0 radical (unpaired) electrons. The lowest BCUT2D eigenvalue weighted by atomic mass is 10.2. The van der Waals surface area contributed by atoms with E-state index in [9.17, 15) is 4.21 Å². The summed E-state index contributed by atoms with van der Waals surface area (Å²) in [5.74, 6) is 0.637. The van der Waals surface area contributed by atoms with Crippen LogP contribution in [0.4, 0.5) is 0 Å². The van der Waals surface area contributed by atoms with Crippen molar-refractivity contribution in [1.82, 2.24) is 4.98 Å². The zero-order valence-electron chi connectivity index (χ0n) is 10.4. The Bertz CT molecular complexity index is 737. The van der Waals surface area contributed by atoms with Crippen LogP contribution in [0.5, 0.6) is 0 Å². The molecule has 0 aliphatic carbocycles. The number of oxazole rings is 1. The Morgan fingerprint density at radius 1 is 1.20 bits per heavy atom. The molecule has 4 nitrogen and oxygen atoms in total. The molecule has 3 aromatic rings. The van der Waals surface area contributed by atoms with E-state index in [0.717, 1.165) is 16.7 Å². The molecule has 0 bridgehead atoms. The number of nitrogens with zero attached hydrogens (tertiary/aromatic N) is 1. The fourth-order valence-electron chi connectivity index (χ4n) is 1.80. The van der Waals surface area contributed by atoms with Crippen molar-refractivity contribution >= 4 is 33.9 Å². The summed E-state index contributed by atoms with van der Waals surface area (Å²) in [4.78, 5) is 4.78. The second-order valence-electron chi connectivity index (χ2n) is 4.13. The number of hydrogen-bond donors (Lipinski definition) is 1. The lowest BCUT2D eigenvalue weighted by Gasteiger charge is -2.00. The topological polar surface area (TPSA) is 63.3 Å². The van der Waals surface area contributed by atoms with Crippen molar-refractivity contribution in [3.63, 3.8) is 0 Å². The smallest absolute Gasteiger partial charge is 0.257 e. The number of fused-ring (bicyclic) bond motifs is 1. The molecule has 1 aromatic heterocycles. The summed E-state index contributed by atoms with van der Waals surface area (Å²) in [7, 11) is 0. The van der Waals surface area contributed by atoms with E-state index in [1.165, 1.54) is 11.8 Å². The van der Waals surface area contributed by atoms with Gasteiger partial charge in [-0.15, -0.1) is 0 Å². The lowest BCUT2D eigenvalue weighted by Crippen LogP contribution is -1.89. The Labute approximate surface area is 122 Å². The Morgan fingerprint density at radius 2 is 2.05 bits per heavy atom. The molecule has 1 N–H and O–H groups in total. The van der Waals surface area contributed by atoms with Crippen LogP contribution in [-0.4, -0.2) is 13.7 Å². The fraction of sp³-hybridized carbons (Fsp3) is 0.0714. The number of benzene rings is 2. The number of aromatic nitrogens is 1. The normalized spacial score (nSPS) is 12.7. The average Bonchev–Trinajstić information content (AvgIpc) is 2.88. The largest absolute Gasteiger partial charge is 0.431 e. The van der Waals surface area contributed by atoms with Crippen molar-refractivity contribution in [2.75, 3.05) is 0 Å². The maximum Gasteiger partial charge on any atom is 0.257 e. The zero-order chi connectivity index (χ0) is 13.9. The first-order chi connectivity index (χ1) is 9.72. The van der Waals surface area contributed by atoms with Gasteiger partial charge in [-0.2, -0.15) is 0 Å². The van der Waals surface area contributed by atoms with Gasteiger partial charge in [-0.3, -0.25) is 0 Å². The molecule has 0 aliphatic heterocycles. The molecule has 1 heterocycles. The number of para-hydroxylation sites is 2. The maximum atomic E-state index is 11.0. The molecule has 2 aromatic carbocycles. The molecular weight excluding hydrogens is 294 g/mol. The van der Waals surface area contributed by atoms with Crippen LogP contribution in [0.25, 0.3) is 11.1 Å². The van der Waals surface area contributed by atoms with E-state index in [0.29, 0.717) is 15.9 Å². The summed E-state index contributed by atoms with van der Waals surface area (Å²) >= 11 is -0.487. The first kappa shape index (κ1) is 13.4. The average molecular weight is 305 g/mol. The first-order valence-corrected chi connectivity index (χ1v) is 8.00. The molecular formula is C14H11NO3S2. The SMILES string of the molecule is O=S(O)c1cccc(CSc2nc3ccccc3o2)c1. The van der Waals surface area contributed by atoms with Crippen molar-refractivity contribution in [3.8, 4) is 0 Å². The first-order valence-electron chi connectivity index (χ1n) is 5.90. The molecule has 1 atom stereocenters. The summed E-state index contributed by atoms with van der Waals surface area (Å²) in [6, 6.07) is 14.6. The van der Waals surface area contributed by atoms with E-state index < -0.39 is 11.1 Å². The molecule has 6 heteroatoms. The van der Waals surface area contributed by atoms with Gasteiger partial charge in [0.05, 0.1) is 4.90 Å². The molecule has 0 saturated carbocycles. The van der Waals surface area contributed by atoms with E-state index in [1.807, 2.05) is 30.3 Å². The highest BCUT2D eigenvalue weighted by Crippen LogP contribution is 2.26. The van der Waals surface area contributed by atoms with E-state index in [-0.39, 0.29) is 0 Å². The maximum absolute atomic E-state index is 11.0. The number of hydrogen-bond acceptors (Lipinski definition) is 4. The van der Waals surface area contributed by atoms with Crippen LogP contribution in [0, 0.1) is 0 Å². The van der Waals surface area contributed by atoms with Crippen LogP contribution in [-0.2, 0) is 16.8 Å². The van der Waals surface area contributed by atoms with Gasteiger partial charge in [0.1, 0.15) is 5.52 Å². The van der Waals surface area contributed by atoms with Gasteiger partial charge in [0, 0.05) is 5.75 Å². The van der Waals surface area contributed by atoms with Gasteiger partial charge in [0.15, 0.2) is 16.7 Å². The van der Waals surface area contributed by atoms with Crippen LogP contribution in [0.2, 0.25) is 0 Å². The summed E-state index contributed by atoms with van der Waals surface area (Å²) in [6.45, 7) is 0. The van der Waals surface area contributed by atoms with Crippen LogP contribution in [0.3, 0.4) is 0 Å². The summed E-state index contributed by atoms with van der Waals surface area (Å²) in [5, 5.41) is 0.599. The van der Waals surface area contributed by atoms with Gasteiger partial charge in [-0.25, -0.2) is 9.19 Å². The molecule has 20 heavy (non-hydrogen) atoms. The minimum atomic E-state index is -1.95. The van der Waals surface area contributed by atoms with Crippen LogP contribution >= 0.6 is 11.8 Å². The highest BCUT2D eigenvalue weighted by atomic mass is 32.2. The fourth-order valence-corrected chi connectivity index (χ4v) is 3.03. The second kappa shape index (κ2) is 5.78. The van der Waals surface area contributed by atoms with E-state index in [1.54, 1.807) is 18.2 Å². The third-order valence-electron chi connectivity index (χ3n) is 2.74. The molecule has 0 saturated heterocycles. The quantitative estimate of drug-likeness (QED) is 0.588. The number of rotatable bonds is 4. The lowest BCUT2D eigenvalue weighted by molar-refractivity contribution is 0.489. The molecule has 0 aliphatic rings. The van der Waals surface area contributed by atoms with Gasteiger partial charge in [0.2, 0.25) is 0 Å². The van der Waals surface area contributed by atoms with Crippen molar-refractivity contribution in [1.29, 1.82) is 0 Å². The summed E-state index contributed by atoms with van der Waals surface area (Å²) in [5.41, 5.74) is 2.55. The standard InChI is InChI=1S/C14H11NO3S2/c16-20(17)11-5-3-4-10(8-11)9-19-14-15-12-6-1-2-7-13(12)18-14/h1-8H,9H2,(H,16,17). The monoisotopic (exact) mass is 305 g/mol. The summed E-state index contributed by atoms with van der Waals surface area (Å²) in [6.07, 6.45) is 0. The van der Waals surface area contributed by atoms with Crippen LogP contribution < -0.4 is 0 Å². The molecule has 0 spiro atoms. The highest BCUT2D eigenvalue weighted by Gasteiger charge is 2.07. The van der Waals surface area contributed by atoms with E-state index in [2.05, 4.69) is 4.98 Å². The van der Waals surface area contributed by atoms with Gasteiger partial charge in [-0.05, 0) is 29.8 Å². The van der Waals surface area contributed by atoms with Crippen LogP contribution in [0.1, 0.15) is 5.56 Å². The molecule has 0 fully saturated rings. The number of thioether (sulfide) groups is 1. The Hall–Kier alpha value is -1.63. The van der Waals surface area contributed by atoms with Crippen molar-refractivity contribution in [2.24, 2.45) is 0 Å². The van der Waals surface area contributed by atoms with Gasteiger partial charge >= 0.3 is 0 Å². The second-order valence-corrected chi connectivity index (χ2v) is 6.03. The predicted octanol–water partition coefficient (Wildman–Crippen LogP) is 3.70. The molecule has 102 valence electrons.